The van der Waals surface area contributed by atoms with Gasteiger partial charge in [-0.15, -0.1) is 0 Å². The van der Waals surface area contributed by atoms with Crippen molar-refractivity contribution < 1.29 is 23.5 Å². The highest BCUT2D eigenvalue weighted by Crippen LogP contribution is 2.32. The first kappa shape index (κ1) is 19.0. The molecule has 2 aromatic carbocycles. The summed E-state index contributed by atoms with van der Waals surface area (Å²) < 4.78 is 23.6. The van der Waals surface area contributed by atoms with Crippen molar-refractivity contribution >= 4 is 11.9 Å². The van der Waals surface area contributed by atoms with Crippen molar-refractivity contribution in [1.82, 2.24) is 15.1 Å². The van der Waals surface area contributed by atoms with Gasteiger partial charge in [0.2, 0.25) is 6.79 Å². The molecule has 1 saturated heterocycles. The number of urea groups is 1. The number of hydrogen-bond donors (Lipinski definition) is 1. The number of fused-ring (bicyclic) bond motifs is 1. The fourth-order valence-corrected chi connectivity index (χ4v) is 3.43. The van der Waals surface area contributed by atoms with E-state index < -0.39 is 0 Å². The molecule has 2 heterocycles. The number of halogens is 1. The Morgan fingerprint density at radius 3 is 2.48 bits per heavy atom. The molecule has 1 fully saturated rings. The molecule has 0 bridgehead atoms. The lowest BCUT2D eigenvalue weighted by molar-refractivity contribution is 0.0762. The number of rotatable bonds is 3. The maximum Gasteiger partial charge on any atom is 0.317 e. The van der Waals surface area contributed by atoms with Crippen LogP contribution >= 0.6 is 0 Å². The molecule has 1 N–H and O–H groups in total. The Bertz CT molecular complexity index is 903. The van der Waals surface area contributed by atoms with Crippen LogP contribution in [-0.4, -0.2) is 54.7 Å². The van der Waals surface area contributed by atoms with E-state index in [4.69, 9.17) is 9.47 Å². The fourth-order valence-electron chi connectivity index (χ4n) is 3.43. The van der Waals surface area contributed by atoms with Crippen LogP contribution in [0, 0.1) is 5.82 Å². The van der Waals surface area contributed by atoms with Crippen LogP contribution in [0.4, 0.5) is 9.18 Å². The predicted molar refractivity (Wildman–Crippen MR) is 103 cm³/mol. The van der Waals surface area contributed by atoms with Crippen LogP contribution in [0.25, 0.3) is 0 Å². The van der Waals surface area contributed by atoms with E-state index in [-0.39, 0.29) is 24.5 Å². The molecule has 3 amide bonds. The Labute approximate surface area is 168 Å². The van der Waals surface area contributed by atoms with Gasteiger partial charge in [-0.1, -0.05) is 12.1 Å². The molecule has 2 aliphatic rings. The second kappa shape index (κ2) is 8.38. The van der Waals surface area contributed by atoms with Gasteiger partial charge in [0.25, 0.3) is 5.91 Å². The third kappa shape index (κ3) is 4.42. The molecule has 152 valence electrons. The van der Waals surface area contributed by atoms with Crippen molar-refractivity contribution in [2.75, 3.05) is 33.0 Å². The number of benzene rings is 2. The van der Waals surface area contributed by atoms with E-state index in [1.165, 1.54) is 12.1 Å². The number of hydrogen-bond acceptors (Lipinski definition) is 4. The van der Waals surface area contributed by atoms with Gasteiger partial charge >= 0.3 is 6.03 Å². The minimum Gasteiger partial charge on any atom is -0.454 e. The Balaban J connectivity index is 1.32. The van der Waals surface area contributed by atoms with Crippen molar-refractivity contribution in [2.24, 2.45) is 0 Å². The Morgan fingerprint density at radius 2 is 1.66 bits per heavy atom. The summed E-state index contributed by atoms with van der Waals surface area (Å²) in [5.74, 6) is 0.825. The minimum atomic E-state index is -0.306. The number of nitrogens with one attached hydrogen (secondary N) is 1. The van der Waals surface area contributed by atoms with E-state index in [1.54, 1.807) is 40.1 Å². The molecule has 2 aliphatic heterocycles. The van der Waals surface area contributed by atoms with E-state index in [9.17, 15) is 14.0 Å². The van der Waals surface area contributed by atoms with Crippen LogP contribution in [0.2, 0.25) is 0 Å². The van der Waals surface area contributed by atoms with Crippen LogP contribution in [0.3, 0.4) is 0 Å². The average molecular weight is 399 g/mol. The normalized spacial score (nSPS) is 15.8. The van der Waals surface area contributed by atoms with Crippen molar-refractivity contribution in [3.8, 4) is 11.5 Å². The summed E-state index contributed by atoms with van der Waals surface area (Å²) in [7, 11) is 0. The first-order chi connectivity index (χ1) is 14.1. The molecule has 0 saturated carbocycles. The van der Waals surface area contributed by atoms with E-state index in [0.717, 1.165) is 5.56 Å². The van der Waals surface area contributed by atoms with Gasteiger partial charge in [-0.2, -0.15) is 0 Å². The number of ether oxygens (including phenoxy) is 2. The van der Waals surface area contributed by atoms with Crippen molar-refractivity contribution in [1.29, 1.82) is 0 Å². The zero-order chi connectivity index (χ0) is 20.2. The van der Waals surface area contributed by atoms with E-state index in [1.807, 2.05) is 0 Å². The van der Waals surface area contributed by atoms with E-state index in [2.05, 4.69) is 5.32 Å². The number of carbonyl (C=O) groups excluding carboxylic acids is 2. The zero-order valence-corrected chi connectivity index (χ0v) is 15.9. The van der Waals surface area contributed by atoms with Crippen molar-refractivity contribution in [3.05, 3.63) is 59.4 Å². The zero-order valence-electron chi connectivity index (χ0n) is 15.9. The number of carbonyl (C=O) groups is 2. The predicted octanol–water partition coefficient (Wildman–Crippen LogP) is 2.61. The maximum atomic E-state index is 13.0. The Kier molecular flexibility index (Phi) is 5.50. The SMILES string of the molecule is O=C(NCc1ccc(F)cc1)N1CCCN(C(=O)c2ccc3c(c2)OCO3)CC1. The molecular weight excluding hydrogens is 377 g/mol. The van der Waals surface area contributed by atoms with Gasteiger partial charge in [0.15, 0.2) is 11.5 Å². The van der Waals surface area contributed by atoms with Crippen LogP contribution < -0.4 is 14.8 Å². The maximum absolute atomic E-state index is 13.0. The van der Waals surface area contributed by atoms with Crippen molar-refractivity contribution in [3.63, 3.8) is 0 Å². The van der Waals surface area contributed by atoms with E-state index in [0.29, 0.717) is 56.2 Å². The smallest absolute Gasteiger partial charge is 0.317 e. The second-order valence-electron chi connectivity index (χ2n) is 6.99. The summed E-state index contributed by atoms with van der Waals surface area (Å²) >= 11 is 0. The standard InChI is InChI=1S/C21H22FN3O4/c22-17-5-2-15(3-6-17)13-23-21(27)25-9-1-8-24(10-11-25)20(26)16-4-7-18-19(12-16)29-14-28-18/h2-7,12H,1,8-11,13-14H2,(H,23,27). The lowest BCUT2D eigenvalue weighted by Crippen LogP contribution is -2.42. The number of nitrogens with zero attached hydrogens (tertiary/aromatic N) is 2. The molecular formula is C21H22FN3O4. The Hall–Kier alpha value is -3.29. The number of amides is 3. The average Bonchev–Trinajstić information content (AvgIpc) is 3.07. The monoisotopic (exact) mass is 399 g/mol. The van der Waals surface area contributed by atoms with E-state index >= 15 is 0 Å². The third-order valence-corrected chi connectivity index (χ3v) is 5.05. The molecule has 0 aliphatic carbocycles. The highest BCUT2D eigenvalue weighted by Gasteiger charge is 2.24. The molecule has 0 aromatic heterocycles. The van der Waals surface area contributed by atoms with Gasteiger partial charge in [0.05, 0.1) is 0 Å². The molecule has 0 radical (unpaired) electrons. The quantitative estimate of drug-likeness (QED) is 0.861. The summed E-state index contributed by atoms with van der Waals surface area (Å²) in [5.41, 5.74) is 1.37. The highest BCUT2D eigenvalue weighted by atomic mass is 19.1. The lowest BCUT2D eigenvalue weighted by atomic mass is 10.1. The molecule has 0 atom stereocenters. The topological polar surface area (TPSA) is 71.1 Å². The van der Waals surface area contributed by atoms with Gasteiger partial charge in [0.1, 0.15) is 5.82 Å². The summed E-state index contributed by atoms with van der Waals surface area (Å²) in [5, 5.41) is 2.85. The first-order valence-electron chi connectivity index (χ1n) is 9.56. The van der Waals surface area contributed by atoms with Crippen LogP contribution in [0.15, 0.2) is 42.5 Å². The van der Waals surface area contributed by atoms with Gasteiger partial charge in [-0.3, -0.25) is 4.79 Å². The third-order valence-electron chi connectivity index (χ3n) is 5.05. The van der Waals surface area contributed by atoms with Crippen molar-refractivity contribution in [2.45, 2.75) is 13.0 Å². The summed E-state index contributed by atoms with van der Waals surface area (Å²) in [6.45, 7) is 2.55. The second-order valence-corrected chi connectivity index (χ2v) is 6.99. The summed E-state index contributed by atoms with van der Waals surface area (Å²) in [4.78, 5) is 28.8. The molecule has 4 rings (SSSR count). The first-order valence-corrected chi connectivity index (χ1v) is 9.56. The summed E-state index contributed by atoms with van der Waals surface area (Å²) in [6, 6.07) is 11.0. The Morgan fingerprint density at radius 1 is 0.931 bits per heavy atom. The largest absolute Gasteiger partial charge is 0.454 e. The van der Waals surface area contributed by atoms with Gasteiger partial charge in [-0.25, -0.2) is 9.18 Å². The van der Waals surface area contributed by atoms with Crippen LogP contribution in [-0.2, 0) is 6.54 Å². The molecule has 29 heavy (non-hydrogen) atoms. The lowest BCUT2D eigenvalue weighted by Gasteiger charge is -2.22. The molecule has 0 spiro atoms. The molecule has 8 heteroatoms. The fraction of sp³-hybridized carbons (Fsp3) is 0.333. The summed E-state index contributed by atoms with van der Waals surface area (Å²) in [6.07, 6.45) is 0.695. The van der Waals surface area contributed by atoms with Gasteiger partial charge in [0, 0.05) is 38.3 Å². The van der Waals surface area contributed by atoms with Gasteiger partial charge in [-0.05, 0) is 42.3 Å². The highest BCUT2D eigenvalue weighted by molar-refractivity contribution is 5.95. The van der Waals surface area contributed by atoms with Crippen LogP contribution in [0.1, 0.15) is 22.3 Å². The molecule has 7 nitrogen and oxygen atoms in total. The molecule has 2 aromatic rings. The molecule has 0 unspecified atom stereocenters. The van der Waals surface area contributed by atoms with Gasteiger partial charge < -0.3 is 24.6 Å². The van der Waals surface area contributed by atoms with Crippen LogP contribution in [0.5, 0.6) is 11.5 Å². The minimum absolute atomic E-state index is 0.0862.